The van der Waals surface area contributed by atoms with Crippen molar-refractivity contribution in [1.82, 2.24) is 4.31 Å². The zero-order valence-corrected chi connectivity index (χ0v) is 18.2. The summed E-state index contributed by atoms with van der Waals surface area (Å²) in [7, 11) is -3.87. The quantitative estimate of drug-likeness (QED) is 0.574. The molecule has 2 aromatic carbocycles. The van der Waals surface area contributed by atoms with Crippen molar-refractivity contribution in [2.75, 3.05) is 11.9 Å². The first-order chi connectivity index (χ1) is 14.0. The number of amides is 1. The molecular formula is C21H25N3O5S. The molecule has 1 unspecified atom stereocenters. The number of non-ortho nitro benzene ring substituents is 1. The number of sulfonamides is 1. The van der Waals surface area contributed by atoms with E-state index in [2.05, 4.69) is 5.32 Å². The van der Waals surface area contributed by atoms with Crippen molar-refractivity contribution in [3.8, 4) is 0 Å². The standard InChI is InChI=1S/C21H25N3O5S/c1-13-10-15(3)20(16(4)11-13)30(28,29)23-9-5-6-19(23)21(25)22-18-12-17(24(26)27)8-7-14(18)2/h7-8,10-12,19H,5-6,9H2,1-4H3,(H,22,25). The van der Waals surface area contributed by atoms with Gasteiger partial charge in [0.25, 0.3) is 5.69 Å². The van der Waals surface area contributed by atoms with Gasteiger partial charge >= 0.3 is 0 Å². The lowest BCUT2D eigenvalue weighted by atomic mass is 10.1. The van der Waals surface area contributed by atoms with Gasteiger partial charge < -0.3 is 5.32 Å². The van der Waals surface area contributed by atoms with Gasteiger partial charge in [-0.1, -0.05) is 23.8 Å². The molecule has 1 saturated heterocycles. The van der Waals surface area contributed by atoms with Crippen LogP contribution in [-0.4, -0.2) is 36.1 Å². The molecule has 0 radical (unpaired) electrons. The molecule has 1 heterocycles. The molecule has 1 N–H and O–H groups in total. The smallest absolute Gasteiger partial charge is 0.271 e. The van der Waals surface area contributed by atoms with E-state index in [1.54, 1.807) is 26.8 Å². The van der Waals surface area contributed by atoms with Gasteiger partial charge in [-0.15, -0.1) is 0 Å². The number of anilines is 1. The Bertz CT molecular complexity index is 1100. The van der Waals surface area contributed by atoms with Crippen LogP contribution in [0.3, 0.4) is 0 Å². The fourth-order valence-electron chi connectivity index (χ4n) is 4.06. The Morgan fingerprint density at radius 2 is 1.73 bits per heavy atom. The highest BCUT2D eigenvalue weighted by Gasteiger charge is 2.40. The highest BCUT2D eigenvalue weighted by molar-refractivity contribution is 7.89. The normalized spacial score (nSPS) is 17.1. The summed E-state index contributed by atoms with van der Waals surface area (Å²) in [6, 6.07) is 6.97. The van der Waals surface area contributed by atoms with E-state index in [0.717, 1.165) is 5.56 Å². The molecule has 1 aliphatic rings. The average Bonchev–Trinajstić information content (AvgIpc) is 3.13. The summed E-state index contributed by atoms with van der Waals surface area (Å²) in [6.45, 7) is 7.39. The number of carbonyl (C=O) groups excluding carboxylic acids is 1. The maximum Gasteiger partial charge on any atom is 0.271 e. The molecule has 1 amide bonds. The van der Waals surface area contributed by atoms with Gasteiger partial charge in [0.15, 0.2) is 0 Å². The SMILES string of the molecule is Cc1cc(C)c(S(=O)(=O)N2CCCC2C(=O)Nc2cc([N+](=O)[O-])ccc2C)c(C)c1. The number of carbonyl (C=O) groups is 1. The number of rotatable bonds is 5. The van der Waals surface area contributed by atoms with Crippen LogP contribution in [0, 0.1) is 37.8 Å². The molecule has 0 bridgehead atoms. The monoisotopic (exact) mass is 431 g/mol. The van der Waals surface area contributed by atoms with Gasteiger partial charge in [-0.2, -0.15) is 4.31 Å². The van der Waals surface area contributed by atoms with Gasteiger partial charge in [-0.25, -0.2) is 8.42 Å². The van der Waals surface area contributed by atoms with Gasteiger partial charge in [0.05, 0.1) is 15.5 Å². The Morgan fingerprint density at radius 3 is 2.33 bits per heavy atom. The van der Waals surface area contributed by atoms with Crippen molar-refractivity contribution in [3.05, 3.63) is 62.7 Å². The van der Waals surface area contributed by atoms with E-state index in [9.17, 15) is 23.3 Å². The molecule has 30 heavy (non-hydrogen) atoms. The van der Waals surface area contributed by atoms with E-state index in [1.165, 1.54) is 16.4 Å². The van der Waals surface area contributed by atoms with Crippen LogP contribution >= 0.6 is 0 Å². The first kappa shape index (κ1) is 21.9. The zero-order chi connectivity index (χ0) is 22.2. The van der Waals surface area contributed by atoms with Crippen LogP contribution in [0.2, 0.25) is 0 Å². The van der Waals surface area contributed by atoms with Crippen LogP contribution in [0.5, 0.6) is 0 Å². The van der Waals surface area contributed by atoms with Crippen LogP contribution in [0.1, 0.15) is 35.1 Å². The third-order valence-electron chi connectivity index (χ3n) is 5.37. The minimum absolute atomic E-state index is 0.141. The molecule has 0 aromatic heterocycles. The molecule has 2 aromatic rings. The molecule has 0 spiro atoms. The largest absolute Gasteiger partial charge is 0.324 e. The van der Waals surface area contributed by atoms with Crippen LogP contribution in [-0.2, 0) is 14.8 Å². The molecule has 0 saturated carbocycles. The fraction of sp³-hybridized carbons (Fsp3) is 0.381. The number of aryl methyl sites for hydroxylation is 4. The fourth-order valence-corrected chi connectivity index (χ4v) is 6.13. The number of nitrogens with one attached hydrogen (secondary N) is 1. The van der Waals surface area contributed by atoms with Gasteiger partial charge in [0.2, 0.25) is 15.9 Å². The summed E-state index contributed by atoms with van der Waals surface area (Å²) in [5.74, 6) is -0.484. The third kappa shape index (κ3) is 4.08. The molecular weight excluding hydrogens is 406 g/mol. The minimum Gasteiger partial charge on any atom is -0.324 e. The maximum absolute atomic E-state index is 13.4. The number of nitro benzene ring substituents is 1. The molecule has 1 atom stereocenters. The Morgan fingerprint density at radius 1 is 1.10 bits per heavy atom. The predicted octanol–water partition coefficient (Wildman–Crippen LogP) is 3.62. The van der Waals surface area contributed by atoms with Gasteiger partial charge in [-0.05, 0) is 57.2 Å². The summed E-state index contributed by atoms with van der Waals surface area (Å²) < 4.78 is 28.1. The van der Waals surface area contributed by atoms with E-state index >= 15 is 0 Å². The van der Waals surface area contributed by atoms with Gasteiger partial charge in [0.1, 0.15) is 6.04 Å². The van der Waals surface area contributed by atoms with Crippen molar-refractivity contribution in [2.45, 2.75) is 51.5 Å². The lowest BCUT2D eigenvalue weighted by molar-refractivity contribution is -0.384. The Hall–Kier alpha value is -2.78. The van der Waals surface area contributed by atoms with E-state index in [4.69, 9.17) is 0 Å². The summed E-state index contributed by atoms with van der Waals surface area (Å²) in [5.41, 5.74) is 3.09. The highest BCUT2D eigenvalue weighted by Crippen LogP contribution is 2.31. The summed E-state index contributed by atoms with van der Waals surface area (Å²) in [5, 5.41) is 13.7. The van der Waals surface area contributed by atoms with Gasteiger partial charge in [0, 0.05) is 18.7 Å². The summed E-state index contributed by atoms with van der Waals surface area (Å²) >= 11 is 0. The van der Waals surface area contributed by atoms with Crippen molar-refractivity contribution in [1.29, 1.82) is 0 Å². The molecule has 3 rings (SSSR count). The summed E-state index contributed by atoms with van der Waals surface area (Å²) in [4.78, 5) is 23.7. The second-order valence-electron chi connectivity index (χ2n) is 7.75. The highest BCUT2D eigenvalue weighted by atomic mass is 32.2. The van der Waals surface area contributed by atoms with E-state index in [0.29, 0.717) is 35.2 Å². The van der Waals surface area contributed by atoms with Gasteiger partial charge in [-0.3, -0.25) is 14.9 Å². The summed E-state index contributed by atoms with van der Waals surface area (Å²) in [6.07, 6.45) is 0.957. The van der Waals surface area contributed by atoms with Crippen LogP contribution < -0.4 is 5.32 Å². The zero-order valence-electron chi connectivity index (χ0n) is 17.4. The first-order valence-electron chi connectivity index (χ1n) is 9.68. The van der Waals surface area contributed by atoms with Crippen molar-refractivity contribution in [2.24, 2.45) is 0 Å². The minimum atomic E-state index is -3.87. The van der Waals surface area contributed by atoms with Crippen molar-refractivity contribution < 1.29 is 18.1 Å². The second-order valence-corrected chi connectivity index (χ2v) is 9.57. The molecule has 1 aliphatic heterocycles. The van der Waals surface area contributed by atoms with Crippen molar-refractivity contribution >= 4 is 27.3 Å². The van der Waals surface area contributed by atoms with E-state index in [1.807, 2.05) is 19.1 Å². The van der Waals surface area contributed by atoms with Crippen LogP contribution in [0.25, 0.3) is 0 Å². The number of benzene rings is 2. The molecule has 1 fully saturated rings. The number of nitrogens with zero attached hydrogens (tertiary/aromatic N) is 2. The Kier molecular flexibility index (Phi) is 5.96. The molecule has 160 valence electrons. The van der Waals surface area contributed by atoms with Crippen LogP contribution in [0.4, 0.5) is 11.4 Å². The average molecular weight is 432 g/mol. The molecule has 0 aliphatic carbocycles. The molecule has 8 nitrogen and oxygen atoms in total. The Labute approximate surface area is 176 Å². The van der Waals surface area contributed by atoms with Crippen LogP contribution in [0.15, 0.2) is 35.2 Å². The number of hydrogen-bond donors (Lipinski definition) is 1. The van der Waals surface area contributed by atoms with E-state index < -0.39 is 26.9 Å². The second kappa shape index (κ2) is 8.16. The predicted molar refractivity (Wildman–Crippen MR) is 114 cm³/mol. The topological polar surface area (TPSA) is 110 Å². The third-order valence-corrected chi connectivity index (χ3v) is 7.58. The lowest BCUT2D eigenvalue weighted by Crippen LogP contribution is -2.43. The number of hydrogen-bond acceptors (Lipinski definition) is 5. The van der Waals surface area contributed by atoms with E-state index in [-0.39, 0.29) is 17.1 Å². The number of nitro groups is 1. The lowest BCUT2D eigenvalue weighted by Gasteiger charge is -2.25. The first-order valence-corrected chi connectivity index (χ1v) is 11.1. The maximum atomic E-state index is 13.4. The Balaban J connectivity index is 1.92. The van der Waals surface area contributed by atoms with Crippen molar-refractivity contribution in [3.63, 3.8) is 0 Å². The molecule has 9 heteroatoms.